The van der Waals surface area contributed by atoms with Gasteiger partial charge in [0.2, 0.25) is 5.78 Å². The number of esters is 1. The summed E-state index contributed by atoms with van der Waals surface area (Å²) in [5, 5.41) is 9.73. The van der Waals surface area contributed by atoms with Crippen LogP contribution in [0.1, 0.15) is 31.9 Å². The highest BCUT2D eigenvalue weighted by molar-refractivity contribution is 6.03. The molecule has 0 unspecified atom stereocenters. The first kappa shape index (κ1) is 25.6. The van der Waals surface area contributed by atoms with Crippen molar-refractivity contribution in [2.24, 2.45) is 0 Å². The minimum Gasteiger partial charge on any atom is -0.457 e. The number of carbonyl (C=O) groups excluding carboxylic acids is 2. The van der Waals surface area contributed by atoms with Crippen LogP contribution < -0.4 is 15.4 Å². The van der Waals surface area contributed by atoms with Crippen LogP contribution in [0.5, 0.6) is 0 Å². The maximum Gasteiger partial charge on any atom is 0.306 e. The molecule has 37 heavy (non-hydrogen) atoms. The number of benzene rings is 2. The van der Waals surface area contributed by atoms with Crippen molar-refractivity contribution < 1.29 is 14.3 Å². The van der Waals surface area contributed by atoms with E-state index in [2.05, 4.69) is 11.9 Å². The van der Waals surface area contributed by atoms with E-state index in [-0.39, 0.29) is 29.7 Å². The molecule has 0 saturated heterocycles. The number of ketones is 1. The van der Waals surface area contributed by atoms with Crippen LogP contribution in [0.2, 0.25) is 0 Å². The predicted molar refractivity (Wildman–Crippen MR) is 141 cm³/mol. The number of fused-ring (bicyclic) bond motifs is 2. The molecular formula is C28H29N5O4. The van der Waals surface area contributed by atoms with Crippen LogP contribution in [-0.2, 0) is 27.3 Å². The van der Waals surface area contributed by atoms with E-state index in [1.54, 1.807) is 28.5 Å². The van der Waals surface area contributed by atoms with Gasteiger partial charge in [-0.05, 0) is 30.7 Å². The largest absolute Gasteiger partial charge is 0.457 e. The molecule has 0 atom stereocenters. The van der Waals surface area contributed by atoms with Crippen LogP contribution in [0.3, 0.4) is 0 Å². The van der Waals surface area contributed by atoms with Crippen LogP contribution in [-0.4, -0.2) is 42.0 Å². The van der Waals surface area contributed by atoms with Crippen molar-refractivity contribution in [3.8, 4) is 6.07 Å². The van der Waals surface area contributed by atoms with Crippen molar-refractivity contribution >= 4 is 34.2 Å². The molecule has 1 aromatic heterocycles. The number of para-hydroxylation sites is 4. The fraction of sp³-hybridized carbons (Fsp3) is 0.321. The van der Waals surface area contributed by atoms with Gasteiger partial charge >= 0.3 is 5.97 Å². The summed E-state index contributed by atoms with van der Waals surface area (Å²) in [7, 11) is 3.55. The Hall–Kier alpha value is -4.45. The van der Waals surface area contributed by atoms with Crippen LogP contribution in [0.25, 0.3) is 11.0 Å². The summed E-state index contributed by atoms with van der Waals surface area (Å²) < 4.78 is 6.89. The van der Waals surface area contributed by atoms with Gasteiger partial charge in [-0.2, -0.15) is 5.26 Å². The lowest BCUT2D eigenvalue weighted by atomic mass is 10.2. The van der Waals surface area contributed by atoms with E-state index in [1.165, 1.54) is 0 Å². The van der Waals surface area contributed by atoms with Crippen molar-refractivity contribution in [3.63, 3.8) is 0 Å². The molecule has 9 nitrogen and oxygen atoms in total. The second kappa shape index (κ2) is 11.1. The first-order chi connectivity index (χ1) is 17.9. The van der Waals surface area contributed by atoms with E-state index in [0.717, 1.165) is 29.7 Å². The normalized spacial score (nSPS) is 12.4. The van der Waals surface area contributed by atoms with Crippen LogP contribution >= 0.6 is 0 Å². The highest BCUT2D eigenvalue weighted by Gasteiger charge is 2.31. The third kappa shape index (κ3) is 5.09. The molecule has 0 saturated carbocycles. The van der Waals surface area contributed by atoms with Gasteiger partial charge in [-0.1, -0.05) is 37.6 Å². The Kier molecular flexibility index (Phi) is 7.68. The number of rotatable bonds is 9. The average Bonchev–Trinajstić information content (AvgIpc) is 3.16. The molecule has 190 valence electrons. The maximum atomic E-state index is 13.0. The number of aryl methyl sites for hydroxylation is 2. The molecule has 0 radical (unpaired) electrons. The molecule has 3 aromatic rings. The summed E-state index contributed by atoms with van der Waals surface area (Å²) in [5.41, 5.74) is 3.15. The molecule has 9 heteroatoms. The van der Waals surface area contributed by atoms with Crippen LogP contribution in [0.15, 0.2) is 64.7 Å². The average molecular weight is 500 g/mol. The van der Waals surface area contributed by atoms with Gasteiger partial charge in [0, 0.05) is 27.1 Å². The molecule has 1 aliphatic heterocycles. The number of nitriles is 1. The van der Waals surface area contributed by atoms with Gasteiger partial charge in [-0.25, -0.2) is 4.98 Å². The van der Waals surface area contributed by atoms with Crippen LogP contribution in [0.4, 0.5) is 11.4 Å². The van der Waals surface area contributed by atoms with Crippen molar-refractivity contribution in [1.29, 1.82) is 5.26 Å². The number of Topliss-reactive ketones (excluding diaryl/α,β-unsaturated/α-hetero) is 1. The van der Waals surface area contributed by atoms with Crippen molar-refractivity contribution in [2.75, 3.05) is 30.5 Å². The predicted octanol–water partition coefficient (Wildman–Crippen LogP) is 3.56. The molecule has 0 fully saturated rings. The third-order valence-corrected chi connectivity index (χ3v) is 6.44. The van der Waals surface area contributed by atoms with Gasteiger partial charge in [0.25, 0.3) is 5.56 Å². The summed E-state index contributed by atoms with van der Waals surface area (Å²) in [4.78, 5) is 46.4. The number of anilines is 2. The number of nitrogens with zero attached hydrogens (tertiary/aromatic N) is 5. The van der Waals surface area contributed by atoms with Gasteiger partial charge in [0.15, 0.2) is 6.61 Å². The minimum absolute atomic E-state index is 0.0931. The van der Waals surface area contributed by atoms with E-state index < -0.39 is 18.4 Å². The second-order valence-electron chi connectivity index (χ2n) is 8.86. The smallest absolute Gasteiger partial charge is 0.306 e. The first-order valence-electron chi connectivity index (χ1n) is 12.3. The number of aromatic nitrogens is 2. The molecule has 0 amide bonds. The quantitative estimate of drug-likeness (QED) is 0.250. The minimum atomic E-state index is -0.637. The number of hydrogen-bond donors (Lipinski definition) is 0. The Labute approximate surface area is 215 Å². The van der Waals surface area contributed by atoms with Gasteiger partial charge < -0.3 is 19.1 Å². The van der Waals surface area contributed by atoms with Gasteiger partial charge in [-0.3, -0.25) is 14.4 Å². The number of carbonyl (C=O) groups is 2. The Morgan fingerprint density at radius 3 is 2.32 bits per heavy atom. The van der Waals surface area contributed by atoms with Crippen molar-refractivity contribution in [1.82, 2.24) is 9.55 Å². The number of unbranched alkanes of at least 4 members (excludes halogenated alkanes) is 1. The Morgan fingerprint density at radius 1 is 1.03 bits per heavy atom. The van der Waals surface area contributed by atoms with Gasteiger partial charge in [-0.15, -0.1) is 0 Å². The summed E-state index contributed by atoms with van der Waals surface area (Å²) in [6.07, 6.45) is 1.78. The van der Waals surface area contributed by atoms with E-state index in [4.69, 9.17) is 4.74 Å². The van der Waals surface area contributed by atoms with E-state index in [9.17, 15) is 19.6 Å². The highest BCUT2D eigenvalue weighted by atomic mass is 16.5. The van der Waals surface area contributed by atoms with Crippen molar-refractivity contribution in [2.45, 2.75) is 39.2 Å². The molecule has 0 spiro atoms. The zero-order chi connectivity index (χ0) is 26.5. The molecule has 2 aromatic carbocycles. The van der Waals surface area contributed by atoms with Gasteiger partial charge in [0.05, 0.1) is 28.8 Å². The summed E-state index contributed by atoms with van der Waals surface area (Å²) in [5.74, 6) is -0.803. The zero-order valence-corrected chi connectivity index (χ0v) is 21.2. The zero-order valence-electron chi connectivity index (χ0n) is 21.2. The van der Waals surface area contributed by atoms with E-state index >= 15 is 0 Å². The van der Waals surface area contributed by atoms with E-state index in [1.807, 2.05) is 54.6 Å². The lowest BCUT2D eigenvalue weighted by Gasteiger charge is -2.19. The third-order valence-electron chi connectivity index (χ3n) is 6.44. The monoisotopic (exact) mass is 499 g/mol. The standard InChI is InChI=1S/C28H29N5O4/c1-4-5-16-33-22-11-7-6-10-20(22)30-21(28(33)36)14-15-26(35)37-18-25(34)19(17-29)27-31(2)23-12-8-9-13-24(23)32(27)3/h6-13H,4-5,14-16,18H2,1-3H3. The lowest BCUT2D eigenvalue weighted by Crippen LogP contribution is -2.28. The second-order valence-corrected chi connectivity index (χ2v) is 8.86. The summed E-state index contributed by atoms with van der Waals surface area (Å²) in [6.45, 7) is 2.07. The van der Waals surface area contributed by atoms with E-state index in [0.29, 0.717) is 17.9 Å². The molecule has 0 aliphatic carbocycles. The Balaban J connectivity index is 1.44. The fourth-order valence-corrected chi connectivity index (χ4v) is 4.51. The topological polar surface area (TPSA) is 109 Å². The Morgan fingerprint density at radius 2 is 1.68 bits per heavy atom. The molecule has 2 heterocycles. The molecule has 4 rings (SSSR count). The fourth-order valence-electron chi connectivity index (χ4n) is 4.51. The number of hydrogen-bond acceptors (Lipinski definition) is 8. The lowest BCUT2D eigenvalue weighted by molar-refractivity contribution is -0.147. The number of ether oxygens (including phenoxy) is 1. The Bertz CT molecular complexity index is 1450. The highest BCUT2D eigenvalue weighted by Crippen LogP contribution is 2.40. The summed E-state index contributed by atoms with van der Waals surface area (Å²) >= 11 is 0. The summed E-state index contributed by atoms with van der Waals surface area (Å²) in [6, 6.07) is 16.9. The molecule has 0 bridgehead atoms. The van der Waals surface area contributed by atoms with Gasteiger partial charge in [0.1, 0.15) is 23.2 Å². The van der Waals surface area contributed by atoms with Crippen LogP contribution in [0, 0.1) is 11.3 Å². The SMILES string of the molecule is CCCCn1c(=O)c(CCC(=O)OCC(=O)C(C#N)=C2N(C)c3ccccc3N2C)nc2ccccc21. The molecule has 0 N–H and O–H groups in total. The molecule has 1 aliphatic rings. The van der Waals surface area contributed by atoms with Crippen molar-refractivity contribution in [3.05, 3.63) is 76.0 Å². The molecular weight excluding hydrogens is 470 g/mol. The maximum absolute atomic E-state index is 13.0. The first-order valence-corrected chi connectivity index (χ1v) is 12.3.